The molecule has 0 aromatic heterocycles. The van der Waals surface area contributed by atoms with Crippen LogP contribution in [0.15, 0.2) is 0 Å². The van der Waals surface area contributed by atoms with Gasteiger partial charge in [-0.05, 0) is 12.0 Å². The second-order valence-corrected chi connectivity index (χ2v) is 3.22. The monoisotopic (exact) mass is 93.1 g/mol. The van der Waals surface area contributed by atoms with E-state index < -0.39 is 0 Å². The van der Waals surface area contributed by atoms with E-state index in [1.165, 1.54) is 0 Å². The van der Waals surface area contributed by atoms with Crippen LogP contribution in [0.4, 0.5) is 0 Å². The third-order valence-corrected chi connectivity index (χ3v) is 1.50. The van der Waals surface area contributed by atoms with Gasteiger partial charge >= 0.3 is 0 Å². The molecule has 0 radical (unpaired) electrons. The molecule has 0 spiro atoms. The lowest BCUT2D eigenvalue weighted by atomic mass is 11.0. The summed E-state index contributed by atoms with van der Waals surface area (Å²) in [6.45, 7) is 2.10. The van der Waals surface area contributed by atoms with Crippen LogP contribution >= 0.6 is 11.1 Å². The molecule has 0 fully saturated rings. The Kier molecular flexibility index (Phi) is 2.70. The first-order valence-electron chi connectivity index (χ1n) is 1.73. The van der Waals surface area contributed by atoms with Gasteiger partial charge in [-0.15, -0.1) is 0 Å². The van der Waals surface area contributed by atoms with Gasteiger partial charge in [0.05, 0.1) is 0 Å². The smallest absolute Gasteiger partial charge is 0.0169 e. The Morgan fingerprint density at radius 3 is 2.00 bits per heavy atom. The van der Waals surface area contributed by atoms with E-state index in [9.17, 15) is 0 Å². The van der Waals surface area contributed by atoms with Crippen molar-refractivity contribution >= 4 is 11.1 Å². The van der Waals surface area contributed by atoms with E-state index in [2.05, 4.69) is 13.2 Å². The maximum absolute atomic E-state index is 5.36. The average molecular weight is 93.2 g/mol. The average Bonchev–Trinajstić information content (AvgIpc) is 1.38. The molecule has 5 heavy (non-hydrogen) atoms. The van der Waals surface area contributed by atoms with Gasteiger partial charge in [-0.2, -0.15) is 0 Å². The van der Waals surface area contributed by atoms with Crippen LogP contribution in [0.1, 0.15) is 6.92 Å². The molecule has 2 heteroatoms. The van der Waals surface area contributed by atoms with Gasteiger partial charge in [-0.1, -0.05) is 6.92 Å². The number of thiol groups is 1. The number of rotatable bonds is 1. The van der Waals surface area contributed by atoms with Crippen molar-refractivity contribution in [3.05, 3.63) is 0 Å². The Balaban J connectivity index is 2.54. The zero-order valence-corrected chi connectivity index (χ0v) is 4.63. The van der Waals surface area contributed by atoms with Crippen LogP contribution in [-0.2, 0) is 0 Å². The third kappa shape index (κ3) is 4.31. The molecule has 1 unspecified atom stereocenters. The van der Waals surface area contributed by atoms with E-state index in [1.54, 1.807) is 0 Å². The minimum atomic E-state index is -0.0983. The predicted octanol–water partition coefficient (Wildman–Crippen LogP) is 0.511. The lowest BCUT2D eigenvalue weighted by Gasteiger charge is -1.99. The second kappa shape index (κ2) is 2.54. The summed E-state index contributed by atoms with van der Waals surface area (Å²) in [4.78, 5) is 0. The maximum Gasteiger partial charge on any atom is -0.0169 e. The van der Waals surface area contributed by atoms with Crippen LogP contribution in [0.2, 0.25) is 0 Å². The van der Waals surface area contributed by atoms with Crippen LogP contribution < -0.4 is 5.14 Å². The second-order valence-electron chi connectivity index (χ2n) is 1.07. The molecule has 1 atom stereocenters. The fraction of sp³-hybridized carbons (Fsp3) is 1.00. The fourth-order valence-corrected chi connectivity index (χ4v) is 0. The van der Waals surface area contributed by atoms with Gasteiger partial charge in [0.25, 0.3) is 0 Å². The molecule has 0 aliphatic carbocycles. The largest absolute Gasteiger partial charge is 0.297 e. The highest BCUT2D eigenvalue weighted by Gasteiger charge is 1.72. The number of hydrogen-bond acceptors (Lipinski definition) is 1. The summed E-state index contributed by atoms with van der Waals surface area (Å²) in [5.41, 5.74) is 0. The van der Waals surface area contributed by atoms with E-state index in [0.717, 1.165) is 5.75 Å². The summed E-state index contributed by atoms with van der Waals surface area (Å²) >= 11 is -0.0983. The van der Waals surface area contributed by atoms with Crippen molar-refractivity contribution in [3.8, 4) is 0 Å². The first kappa shape index (κ1) is 5.31. The molecule has 0 aromatic rings. The molecule has 0 aromatic carbocycles. The molecule has 0 rings (SSSR count). The van der Waals surface area contributed by atoms with E-state index in [1.807, 2.05) is 0 Å². The highest BCUT2D eigenvalue weighted by atomic mass is 32.2. The summed E-state index contributed by atoms with van der Waals surface area (Å²) < 4.78 is 0. The van der Waals surface area contributed by atoms with Crippen molar-refractivity contribution in [3.63, 3.8) is 0 Å². The van der Waals surface area contributed by atoms with E-state index >= 15 is 0 Å². The molecule has 0 saturated heterocycles. The number of hydrogen-bond donors (Lipinski definition) is 2. The van der Waals surface area contributed by atoms with Crippen molar-refractivity contribution in [2.24, 2.45) is 5.14 Å². The molecule has 0 saturated carbocycles. The topological polar surface area (TPSA) is 26.0 Å². The van der Waals surface area contributed by atoms with Gasteiger partial charge in [0.15, 0.2) is 0 Å². The van der Waals surface area contributed by atoms with Crippen LogP contribution in [0.3, 0.4) is 0 Å². The molecular formula is C3H11NS. The number of nitrogens with two attached hydrogens (primary N) is 1. The van der Waals surface area contributed by atoms with Crippen molar-refractivity contribution in [1.82, 2.24) is 0 Å². The van der Waals surface area contributed by atoms with Gasteiger partial charge in [0, 0.05) is 0 Å². The molecule has 0 heterocycles. The van der Waals surface area contributed by atoms with Crippen LogP contribution in [0.25, 0.3) is 0 Å². The molecule has 0 bridgehead atoms. The molecule has 0 aliphatic rings. The summed E-state index contributed by atoms with van der Waals surface area (Å²) in [6.07, 6.45) is 2.06. The molecular weight excluding hydrogens is 82.1 g/mol. The van der Waals surface area contributed by atoms with Crippen molar-refractivity contribution in [2.45, 2.75) is 6.92 Å². The Labute approximate surface area is 36.0 Å². The fourth-order valence-electron chi connectivity index (χ4n) is 0. The van der Waals surface area contributed by atoms with Crippen molar-refractivity contribution < 1.29 is 0 Å². The SMILES string of the molecule is CC[SH](C)N. The lowest BCUT2D eigenvalue weighted by Crippen LogP contribution is -1.90. The minimum Gasteiger partial charge on any atom is -0.297 e. The zero-order valence-electron chi connectivity index (χ0n) is 3.73. The van der Waals surface area contributed by atoms with Crippen LogP contribution in [0, 0.1) is 0 Å². The van der Waals surface area contributed by atoms with Crippen LogP contribution in [0.5, 0.6) is 0 Å². The highest BCUT2D eigenvalue weighted by Crippen LogP contribution is 2.02. The summed E-state index contributed by atoms with van der Waals surface area (Å²) in [7, 11) is 0. The Morgan fingerprint density at radius 2 is 2.00 bits per heavy atom. The molecule has 34 valence electrons. The zero-order chi connectivity index (χ0) is 4.28. The Hall–Kier alpha value is 0.310. The molecule has 0 aliphatic heterocycles. The van der Waals surface area contributed by atoms with Crippen LogP contribution in [-0.4, -0.2) is 12.0 Å². The normalized spacial score (nSPS) is 18.6. The Bertz CT molecular complexity index is 20.9. The quantitative estimate of drug-likeness (QED) is 0.454. The third-order valence-electron chi connectivity index (χ3n) is 0.499. The Morgan fingerprint density at radius 1 is 1.80 bits per heavy atom. The first-order valence-corrected chi connectivity index (χ1v) is 3.77. The van der Waals surface area contributed by atoms with Gasteiger partial charge in [-0.25, -0.2) is 11.1 Å². The lowest BCUT2D eigenvalue weighted by molar-refractivity contribution is 1.50. The summed E-state index contributed by atoms with van der Waals surface area (Å²) in [5.74, 6) is 1.15. The van der Waals surface area contributed by atoms with E-state index in [0.29, 0.717) is 0 Å². The molecule has 1 nitrogen and oxygen atoms in total. The van der Waals surface area contributed by atoms with Gasteiger partial charge in [-0.3, -0.25) is 5.14 Å². The first-order chi connectivity index (χ1) is 2.27. The minimum absolute atomic E-state index is 0.0983. The standard InChI is InChI=1S/C3H11NS/c1-3-5(2)4/h5H,3-4H2,1-2H3. The highest BCUT2D eigenvalue weighted by molar-refractivity contribution is 8.14. The van der Waals surface area contributed by atoms with Gasteiger partial charge < -0.3 is 0 Å². The van der Waals surface area contributed by atoms with Gasteiger partial charge in [0.1, 0.15) is 0 Å². The van der Waals surface area contributed by atoms with E-state index in [-0.39, 0.29) is 11.1 Å². The molecule has 0 amide bonds. The maximum atomic E-state index is 5.36. The summed E-state index contributed by atoms with van der Waals surface area (Å²) in [5, 5.41) is 5.36. The van der Waals surface area contributed by atoms with Gasteiger partial charge in [0.2, 0.25) is 0 Å². The predicted molar refractivity (Wildman–Crippen MR) is 29.6 cm³/mol. The summed E-state index contributed by atoms with van der Waals surface area (Å²) in [6, 6.07) is 0. The molecule has 2 N–H and O–H groups in total. The van der Waals surface area contributed by atoms with E-state index in [4.69, 9.17) is 5.14 Å². The van der Waals surface area contributed by atoms with Crippen molar-refractivity contribution in [1.29, 1.82) is 0 Å². The van der Waals surface area contributed by atoms with Crippen molar-refractivity contribution in [2.75, 3.05) is 12.0 Å².